The first-order chi connectivity index (χ1) is 13.1. The predicted octanol–water partition coefficient (Wildman–Crippen LogP) is 6.39. The zero-order valence-corrected chi connectivity index (χ0v) is 17.5. The van der Waals surface area contributed by atoms with E-state index in [1.54, 1.807) is 0 Å². The van der Waals surface area contributed by atoms with Gasteiger partial charge in [-0.25, -0.2) is 0 Å². The molecule has 0 spiro atoms. The van der Waals surface area contributed by atoms with Gasteiger partial charge in [0.1, 0.15) is 0 Å². The predicted molar refractivity (Wildman–Crippen MR) is 114 cm³/mol. The quantitative estimate of drug-likeness (QED) is 0.303. The molecule has 0 saturated heterocycles. The molecule has 0 radical (unpaired) electrons. The molecule has 0 bridgehead atoms. The van der Waals surface area contributed by atoms with E-state index in [-0.39, 0.29) is 5.97 Å². The second kappa shape index (κ2) is 13.5. The molecule has 0 aliphatic carbocycles. The monoisotopic (exact) mass is 374 g/mol. The van der Waals surface area contributed by atoms with Gasteiger partial charge in [0.05, 0.1) is 12.7 Å². The summed E-state index contributed by atoms with van der Waals surface area (Å²) in [5, 5.41) is 11.4. The van der Waals surface area contributed by atoms with Crippen LogP contribution in [0.25, 0.3) is 6.08 Å². The number of hydrogen-bond acceptors (Lipinski definition) is 3. The van der Waals surface area contributed by atoms with Gasteiger partial charge in [0.15, 0.2) is 0 Å². The van der Waals surface area contributed by atoms with Crippen molar-refractivity contribution in [2.45, 2.75) is 90.1 Å². The van der Waals surface area contributed by atoms with Gasteiger partial charge < -0.3 is 9.84 Å². The second-order valence-corrected chi connectivity index (χ2v) is 7.44. The normalized spacial score (nSPS) is 11.9. The van der Waals surface area contributed by atoms with Gasteiger partial charge in [-0.2, -0.15) is 0 Å². The van der Waals surface area contributed by atoms with Crippen LogP contribution in [0.1, 0.15) is 95.6 Å². The summed E-state index contributed by atoms with van der Waals surface area (Å²) in [6, 6.07) is 8.29. The molecular weight excluding hydrogens is 336 g/mol. The number of benzene rings is 1. The topological polar surface area (TPSA) is 46.5 Å². The Hall–Kier alpha value is -1.61. The van der Waals surface area contributed by atoms with Gasteiger partial charge in [-0.1, -0.05) is 82.7 Å². The Morgan fingerprint density at radius 3 is 2.33 bits per heavy atom. The number of ether oxygens (including phenoxy) is 1. The Morgan fingerprint density at radius 1 is 1.07 bits per heavy atom. The van der Waals surface area contributed by atoms with Crippen molar-refractivity contribution >= 4 is 12.0 Å². The van der Waals surface area contributed by atoms with E-state index in [1.807, 2.05) is 6.07 Å². The highest BCUT2D eigenvalue weighted by atomic mass is 16.5. The lowest BCUT2D eigenvalue weighted by molar-refractivity contribution is -0.140. The summed E-state index contributed by atoms with van der Waals surface area (Å²) in [5.74, 6) is -0.158. The van der Waals surface area contributed by atoms with Crippen LogP contribution in [0.2, 0.25) is 0 Å². The van der Waals surface area contributed by atoms with Crippen molar-refractivity contribution in [2.24, 2.45) is 0 Å². The van der Waals surface area contributed by atoms with E-state index < -0.39 is 5.60 Å². The molecule has 1 aromatic rings. The number of aliphatic hydroxyl groups is 1. The standard InChI is InChI=1S/C24H38O3/c1-4-6-11-18-24(26,19-12-7-5-2)22-16-13-15-21(20-22)14-9-8-10-17-23(25)27-3/h9,13-16,20,26H,4-8,10-12,17-19H2,1-3H3/b14-9-. The largest absolute Gasteiger partial charge is 0.469 e. The maximum absolute atomic E-state index is 11.4. The highest BCUT2D eigenvalue weighted by Gasteiger charge is 2.28. The average molecular weight is 375 g/mol. The van der Waals surface area contributed by atoms with Crippen LogP contribution in [-0.4, -0.2) is 18.2 Å². The SMILES string of the molecule is CCCCCC(O)(CCCCC)c1cccc(/C=C\CCCC(=O)OC)c1. The van der Waals surface area contributed by atoms with E-state index >= 15 is 0 Å². The molecule has 152 valence electrons. The van der Waals surface area contributed by atoms with E-state index in [0.29, 0.717) is 6.42 Å². The molecule has 1 aromatic carbocycles. The van der Waals surface area contributed by atoms with Crippen molar-refractivity contribution in [3.63, 3.8) is 0 Å². The van der Waals surface area contributed by atoms with Crippen LogP contribution in [-0.2, 0) is 15.1 Å². The Morgan fingerprint density at radius 2 is 1.74 bits per heavy atom. The molecule has 3 nitrogen and oxygen atoms in total. The molecule has 1 N–H and O–H groups in total. The number of hydrogen-bond donors (Lipinski definition) is 1. The van der Waals surface area contributed by atoms with Crippen molar-refractivity contribution in [2.75, 3.05) is 7.11 Å². The summed E-state index contributed by atoms with van der Waals surface area (Å²) in [5.41, 5.74) is 1.42. The van der Waals surface area contributed by atoms with Gasteiger partial charge in [0.25, 0.3) is 0 Å². The molecule has 3 heteroatoms. The molecule has 0 saturated carbocycles. The van der Waals surface area contributed by atoms with E-state index in [0.717, 1.165) is 62.5 Å². The minimum absolute atomic E-state index is 0.158. The number of esters is 1. The summed E-state index contributed by atoms with van der Waals surface area (Å²) in [6.07, 6.45) is 14.7. The van der Waals surface area contributed by atoms with Crippen LogP contribution in [0.15, 0.2) is 30.3 Å². The van der Waals surface area contributed by atoms with E-state index in [1.165, 1.54) is 20.0 Å². The Kier molecular flexibility index (Phi) is 11.8. The van der Waals surface area contributed by atoms with Gasteiger partial charge >= 0.3 is 5.97 Å². The van der Waals surface area contributed by atoms with Crippen molar-refractivity contribution in [1.82, 2.24) is 0 Å². The van der Waals surface area contributed by atoms with Crippen molar-refractivity contribution in [1.29, 1.82) is 0 Å². The lowest BCUT2D eigenvalue weighted by Gasteiger charge is -2.29. The number of carbonyl (C=O) groups is 1. The van der Waals surface area contributed by atoms with Crippen molar-refractivity contribution in [3.05, 3.63) is 41.5 Å². The van der Waals surface area contributed by atoms with E-state index in [9.17, 15) is 9.90 Å². The minimum atomic E-state index is -0.723. The molecule has 0 unspecified atom stereocenters. The molecule has 0 aliphatic rings. The highest BCUT2D eigenvalue weighted by molar-refractivity contribution is 5.69. The van der Waals surface area contributed by atoms with E-state index in [4.69, 9.17) is 0 Å². The first-order valence-electron chi connectivity index (χ1n) is 10.6. The number of carbonyl (C=O) groups excluding carboxylic acids is 1. The number of rotatable bonds is 14. The van der Waals surface area contributed by atoms with Crippen LogP contribution in [0.3, 0.4) is 0 Å². The third-order valence-electron chi connectivity index (χ3n) is 5.10. The maximum Gasteiger partial charge on any atom is 0.305 e. The van der Waals surface area contributed by atoms with Crippen LogP contribution < -0.4 is 0 Å². The van der Waals surface area contributed by atoms with Gasteiger partial charge in [0, 0.05) is 6.42 Å². The second-order valence-electron chi connectivity index (χ2n) is 7.44. The molecule has 0 fully saturated rings. The zero-order valence-electron chi connectivity index (χ0n) is 17.5. The molecule has 1 rings (SSSR count). The molecule has 0 aliphatic heterocycles. The Labute approximate surface area is 165 Å². The number of methoxy groups -OCH3 is 1. The third-order valence-corrected chi connectivity index (χ3v) is 5.10. The van der Waals surface area contributed by atoms with E-state index in [2.05, 4.69) is 48.9 Å². The minimum Gasteiger partial charge on any atom is -0.469 e. The van der Waals surface area contributed by atoms with Crippen molar-refractivity contribution in [3.8, 4) is 0 Å². The fourth-order valence-electron chi connectivity index (χ4n) is 3.37. The van der Waals surface area contributed by atoms with Crippen LogP contribution in [0.5, 0.6) is 0 Å². The number of allylic oxidation sites excluding steroid dienone is 1. The van der Waals surface area contributed by atoms with Crippen LogP contribution in [0, 0.1) is 0 Å². The molecular formula is C24H38O3. The first kappa shape index (κ1) is 23.4. The molecule has 0 amide bonds. The van der Waals surface area contributed by atoms with Crippen molar-refractivity contribution < 1.29 is 14.6 Å². The Bertz CT molecular complexity index is 552. The maximum atomic E-state index is 11.4. The van der Waals surface area contributed by atoms with Crippen LogP contribution in [0.4, 0.5) is 0 Å². The lowest BCUT2D eigenvalue weighted by atomic mass is 9.83. The van der Waals surface area contributed by atoms with Gasteiger partial charge in [-0.15, -0.1) is 0 Å². The first-order valence-corrected chi connectivity index (χ1v) is 10.6. The molecule has 0 aromatic heterocycles. The summed E-state index contributed by atoms with van der Waals surface area (Å²) >= 11 is 0. The summed E-state index contributed by atoms with van der Waals surface area (Å²) in [7, 11) is 1.42. The highest BCUT2D eigenvalue weighted by Crippen LogP contribution is 2.33. The molecule has 0 atom stereocenters. The average Bonchev–Trinajstić information content (AvgIpc) is 2.68. The fourth-order valence-corrected chi connectivity index (χ4v) is 3.37. The summed E-state index contributed by atoms with van der Waals surface area (Å²) < 4.78 is 4.66. The summed E-state index contributed by atoms with van der Waals surface area (Å²) in [4.78, 5) is 11.1. The smallest absolute Gasteiger partial charge is 0.305 e. The van der Waals surface area contributed by atoms with Gasteiger partial charge in [-0.05, 0) is 42.9 Å². The summed E-state index contributed by atoms with van der Waals surface area (Å²) in [6.45, 7) is 4.39. The third kappa shape index (κ3) is 9.23. The zero-order chi connectivity index (χ0) is 20.0. The fraction of sp³-hybridized carbons (Fsp3) is 0.625. The van der Waals surface area contributed by atoms with Gasteiger partial charge in [-0.3, -0.25) is 4.79 Å². The Balaban J connectivity index is 2.75. The lowest BCUT2D eigenvalue weighted by Crippen LogP contribution is -2.25. The molecule has 27 heavy (non-hydrogen) atoms. The molecule has 0 heterocycles. The number of unbranched alkanes of at least 4 members (excludes halogenated alkanes) is 5. The van der Waals surface area contributed by atoms with Crippen LogP contribution >= 0.6 is 0 Å². The van der Waals surface area contributed by atoms with Gasteiger partial charge in [0.2, 0.25) is 0 Å².